The summed E-state index contributed by atoms with van der Waals surface area (Å²) in [4.78, 5) is 33.9. The van der Waals surface area contributed by atoms with Crippen LogP contribution in [0.3, 0.4) is 0 Å². The van der Waals surface area contributed by atoms with Gasteiger partial charge in [0, 0.05) is 43.6 Å². The summed E-state index contributed by atoms with van der Waals surface area (Å²) in [5.74, 6) is -2.37. The van der Waals surface area contributed by atoms with Crippen molar-refractivity contribution in [3.63, 3.8) is 0 Å². The van der Waals surface area contributed by atoms with Gasteiger partial charge < -0.3 is 15.3 Å². The van der Waals surface area contributed by atoms with E-state index in [1.807, 2.05) is 42.5 Å². The minimum atomic E-state index is -5.08. The summed E-state index contributed by atoms with van der Waals surface area (Å²) >= 11 is 0. The number of aromatic amines is 1. The van der Waals surface area contributed by atoms with Gasteiger partial charge in [-0.1, -0.05) is 24.3 Å². The molecule has 1 fully saturated rings. The monoisotopic (exact) mass is 543 g/mol. The maximum Gasteiger partial charge on any atom is 0.490 e. The Morgan fingerprint density at radius 2 is 1.67 bits per heavy atom. The number of benzene rings is 2. The molecule has 13 heteroatoms. The van der Waals surface area contributed by atoms with Crippen molar-refractivity contribution in [2.75, 3.05) is 36.4 Å². The lowest BCUT2D eigenvalue weighted by atomic mass is 10.2. The fourth-order valence-corrected chi connectivity index (χ4v) is 4.15. The van der Waals surface area contributed by atoms with Crippen LogP contribution in [0.1, 0.15) is 13.8 Å². The number of aliphatic carboxylic acids is 1. The molecule has 3 heterocycles. The highest BCUT2D eigenvalue weighted by molar-refractivity contribution is 5.77. The number of rotatable bonds is 5. The molecule has 0 unspecified atom stereocenters. The lowest BCUT2D eigenvalue weighted by Crippen LogP contribution is -2.48. The van der Waals surface area contributed by atoms with E-state index in [9.17, 15) is 18.0 Å². The van der Waals surface area contributed by atoms with Crippen LogP contribution in [0, 0.1) is 0 Å². The second kappa shape index (κ2) is 11.6. The smallest absolute Gasteiger partial charge is 0.475 e. The molecule has 1 aliphatic heterocycles. The van der Waals surface area contributed by atoms with Gasteiger partial charge in [0.2, 0.25) is 5.95 Å². The Kier molecular flexibility index (Phi) is 8.19. The van der Waals surface area contributed by atoms with Crippen LogP contribution in [0.25, 0.3) is 16.7 Å². The second-order valence-corrected chi connectivity index (χ2v) is 9.14. The van der Waals surface area contributed by atoms with Gasteiger partial charge in [-0.25, -0.2) is 9.48 Å². The first-order valence-corrected chi connectivity index (χ1v) is 12.2. The van der Waals surface area contributed by atoms with E-state index in [-0.39, 0.29) is 5.56 Å². The summed E-state index contributed by atoms with van der Waals surface area (Å²) in [6.45, 7) is 8.61. The van der Waals surface area contributed by atoms with Gasteiger partial charge in [-0.3, -0.25) is 14.7 Å². The number of halogens is 3. The number of piperazine rings is 1. The van der Waals surface area contributed by atoms with Crippen molar-refractivity contribution in [1.82, 2.24) is 24.6 Å². The SMILES string of the molecule is CC(C)N1CCN(c2cccc(Nc3nc4c(cnn4-c4ccccc4)c(=O)[nH]3)c2)CC1.O=C(O)C(F)(F)F. The molecule has 0 bridgehead atoms. The second-order valence-electron chi connectivity index (χ2n) is 9.14. The van der Waals surface area contributed by atoms with E-state index in [0.29, 0.717) is 23.0 Å². The predicted molar refractivity (Wildman–Crippen MR) is 142 cm³/mol. The van der Waals surface area contributed by atoms with Gasteiger partial charge in [0.25, 0.3) is 5.56 Å². The van der Waals surface area contributed by atoms with Crippen molar-refractivity contribution < 1.29 is 23.1 Å². The average Bonchev–Trinajstić information content (AvgIpc) is 3.34. The van der Waals surface area contributed by atoms with Gasteiger partial charge in [0.1, 0.15) is 5.39 Å². The quantitative estimate of drug-likeness (QED) is 0.346. The highest BCUT2D eigenvalue weighted by Gasteiger charge is 2.38. The lowest BCUT2D eigenvalue weighted by Gasteiger charge is -2.38. The third kappa shape index (κ3) is 6.74. The van der Waals surface area contributed by atoms with Crippen molar-refractivity contribution in [3.05, 3.63) is 71.1 Å². The minimum absolute atomic E-state index is 0.222. The van der Waals surface area contributed by atoms with Gasteiger partial charge in [0.15, 0.2) is 5.65 Å². The van der Waals surface area contributed by atoms with E-state index < -0.39 is 12.1 Å². The molecule has 0 atom stereocenters. The van der Waals surface area contributed by atoms with E-state index >= 15 is 0 Å². The molecule has 5 rings (SSSR count). The summed E-state index contributed by atoms with van der Waals surface area (Å²) in [5, 5.41) is 15.2. The molecule has 39 heavy (non-hydrogen) atoms. The number of aromatic nitrogens is 4. The molecule has 1 saturated heterocycles. The Morgan fingerprint density at radius 1 is 1.03 bits per heavy atom. The first-order valence-electron chi connectivity index (χ1n) is 12.2. The van der Waals surface area contributed by atoms with Gasteiger partial charge in [-0.05, 0) is 44.2 Å². The molecule has 206 valence electrons. The number of nitrogens with zero attached hydrogens (tertiary/aromatic N) is 5. The summed E-state index contributed by atoms with van der Waals surface area (Å²) in [5.41, 5.74) is 3.19. The standard InChI is InChI=1S/C24H27N7O.C2HF3O2/c1-17(2)29-11-13-30(14-12-29)20-10-6-7-18(15-20)26-24-27-22-21(23(32)28-24)16-25-31(22)19-8-4-3-5-9-19;3-2(4,5)1(6)7/h3-10,15-17H,11-14H2,1-2H3,(H2,26,27,28,32);(H,6,7). The molecule has 10 nitrogen and oxygen atoms in total. The summed E-state index contributed by atoms with van der Waals surface area (Å²) in [6.07, 6.45) is -3.53. The van der Waals surface area contributed by atoms with Gasteiger partial charge in [-0.15, -0.1) is 0 Å². The molecule has 0 amide bonds. The average molecular weight is 544 g/mol. The van der Waals surface area contributed by atoms with Crippen molar-refractivity contribution in [2.24, 2.45) is 0 Å². The molecule has 0 spiro atoms. The topological polar surface area (TPSA) is 119 Å². The molecular weight excluding hydrogens is 515 g/mol. The molecule has 2 aromatic heterocycles. The van der Waals surface area contributed by atoms with Crippen LogP contribution in [0.15, 0.2) is 65.6 Å². The summed E-state index contributed by atoms with van der Waals surface area (Å²) < 4.78 is 33.4. The number of carboxylic acid groups (broad SMARTS) is 1. The fraction of sp³-hybridized carbons (Fsp3) is 0.308. The number of carboxylic acids is 1. The number of alkyl halides is 3. The molecule has 2 aromatic carbocycles. The number of para-hydroxylation sites is 1. The molecule has 0 saturated carbocycles. The highest BCUT2D eigenvalue weighted by Crippen LogP contribution is 2.23. The first-order chi connectivity index (χ1) is 18.5. The Hall–Kier alpha value is -4.39. The number of nitrogens with one attached hydrogen (secondary N) is 2. The van der Waals surface area contributed by atoms with Crippen LogP contribution < -0.4 is 15.8 Å². The zero-order valence-electron chi connectivity index (χ0n) is 21.3. The third-order valence-electron chi connectivity index (χ3n) is 6.20. The van der Waals surface area contributed by atoms with Gasteiger partial charge in [-0.2, -0.15) is 23.3 Å². The predicted octanol–water partition coefficient (Wildman–Crippen LogP) is 4.02. The largest absolute Gasteiger partial charge is 0.490 e. The number of hydrogen-bond acceptors (Lipinski definition) is 7. The normalized spacial score (nSPS) is 14.3. The number of hydrogen-bond donors (Lipinski definition) is 3. The molecule has 4 aromatic rings. The number of carbonyl (C=O) groups is 1. The third-order valence-corrected chi connectivity index (χ3v) is 6.20. The molecule has 1 aliphatic rings. The highest BCUT2D eigenvalue weighted by atomic mass is 19.4. The molecule has 0 aliphatic carbocycles. The van der Waals surface area contributed by atoms with Crippen LogP contribution >= 0.6 is 0 Å². The van der Waals surface area contributed by atoms with Crippen LogP contribution in [-0.4, -0.2) is 74.1 Å². The first kappa shape index (κ1) is 27.6. The van der Waals surface area contributed by atoms with E-state index in [2.05, 4.69) is 56.2 Å². The summed E-state index contributed by atoms with van der Waals surface area (Å²) in [6, 6.07) is 18.5. The van der Waals surface area contributed by atoms with E-state index in [0.717, 1.165) is 43.2 Å². The van der Waals surface area contributed by atoms with Crippen molar-refractivity contribution in [2.45, 2.75) is 26.1 Å². The van der Waals surface area contributed by atoms with Crippen LogP contribution in [0.4, 0.5) is 30.5 Å². The van der Waals surface area contributed by atoms with E-state index in [4.69, 9.17) is 9.90 Å². The van der Waals surface area contributed by atoms with Gasteiger partial charge >= 0.3 is 12.1 Å². The number of H-pyrrole nitrogens is 1. The van der Waals surface area contributed by atoms with Crippen molar-refractivity contribution >= 4 is 34.3 Å². The summed E-state index contributed by atoms with van der Waals surface area (Å²) in [7, 11) is 0. The lowest BCUT2D eigenvalue weighted by molar-refractivity contribution is -0.192. The van der Waals surface area contributed by atoms with Crippen LogP contribution in [0.2, 0.25) is 0 Å². The Balaban J connectivity index is 0.000000448. The fourth-order valence-electron chi connectivity index (χ4n) is 4.15. The maximum absolute atomic E-state index is 12.6. The zero-order chi connectivity index (χ0) is 28.2. The van der Waals surface area contributed by atoms with E-state index in [1.54, 1.807) is 10.9 Å². The Morgan fingerprint density at radius 3 is 2.28 bits per heavy atom. The molecule has 3 N–H and O–H groups in total. The number of anilines is 3. The maximum atomic E-state index is 12.6. The molecular formula is C26H28F3N7O3. The van der Waals surface area contributed by atoms with Gasteiger partial charge in [0.05, 0.1) is 11.9 Å². The Labute approximate surface area is 221 Å². The Bertz CT molecular complexity index is 1480. The van der Waals surface area contributed by atoms with Crippen molar-refractivity contribution in [3.8, 4) is 5.69 Å². The van der Waals surface area contributed by atoms with Crippen molar-refractivity contribution in [1.29, 1.82) is 0 Å². The number of fused-ring (bicyclic) bond motifs is 1. The van der Waals surface area contributed by atoms with Crippen LogP contribution in [0.5, 0.6) is 0 Å². The van der Waals surface area contributed by atoms with Crippen LogP contribution in [-0.2, 0) is 4.79 Å². The minimum Gasteiger partial charge on any atom is -0.475 e. The van der Waals surface area contributed by atoms with E-state index in [1.165, 1.54) is 0 Å². The zero-order valence-corrected chi connectivity index (χ0v) is 21.3. The molecule has 0 radical (unpaired) electrons.